The lowest BCUT2D eigenvalue weighted by Crippen LogP contribution is -2.12. The predicted octanol–water partition coefficient (Wildman–Crippen LogP) is 2.49. The Morgan fingerprint density at radius 2 is 2.25 bits per heavy atom. The third-order valence-electron chi connectivity index (χ3n) is 2.26. The Bertz CT molecular complexity index is 377. The molecular formula is C12H15FO3. The van der Waals surface area contributed by atoms with Gasteiger partial charge in [-0.05, 0) is 31.0 Å². The summed E-state index contributed by atoms with van der Waals surface area (Å²) in [6.07, 6.45) is 0.318. The molecule has 4 heteroatoms. The lowest BCUT2D eigenvalue weighted by molar-refractivity contribution is -0.141. The predicted molar refractivity (Wildman–Crippen MR) is 58.1 cm³/mol. The van der Waals surface area contributed by atoms with Crippen molar-refractivity contribution in [2.45, 2.75) is 20.3 Å². The van der Waals surface area contributed by atoms with E-state index in [4.69, 9.17) is 9.84 Å². The third kappa shape index (κ3) is 3.22. The molecular weight excluding hydrogens is 211 g/mol. The van der Waals surface area contributed by atoms with Crippen LogP contribution >= 0.6 is 0 Å². The molecule has 3 nitrogen and oxygen atoms in total. The molecule has 0 bridgehead atoms. The van der Waals surface area contributed by atoms with Crippen LogP contribution in [0.1, 0.15) is 19.4 Å². The quantitative estimate of drug-likeness (QED) is 0.839. The summed E-state index contributed by atoms with van der Waals surface area (Å²) < 4.78 is 18.5. The minimum Gasteiger partial charge on any atom is -0.491 e. The van der Waals surface area contributed by atoms with Gasteiger partial charge in [0.2, 0.25) is 0 Å². The van der Waals surface area contributed by atoms with Gasteiger partial charge in [-0.1, -0.05) is 13.0 Å². The number of carbonyl (C=O) groups is 1. The second-order valence-corrected chi connectivity index (χ2v) is 3.64. The van der Waals surface area contributed by atoms with Gasteiger partial charge in [-0.15, -0.1) is 0 Å². The van der Waals surface area contributed by atoms with Crippen molar-refractivity contribution in [3.05, 3.63) is 29.6 Å². The van der Waals surface area contributed by atoms with Crippen LogP contribution in [-0.4, -0.2) is 17.7 Å². The lowest BCUT2D eigenvalue weighted by Gasteiger charge is -2.08. The zero-order valence-corrected chi connectivity index (χ0v) is 9.37. The molecule has 0 saturated carbocycles. The first-order valence-corrected chi connectivity index (χ1v) is 5.18. The normalized spacial score (nSPS) is 12.2. The highest BCUT2D eigenvalue weighted by atomic mass is 19.1. The van der Waals surface area contributed by atoms with Gasteiger partial charge in [-0.2, -0.15) is 0 Å². The highest BCUT2D eigenvalue weighted by Crippen LogP contribution is 2.20. The highest BCUT2D eigenvalue weighted by molar-refractivity contribution is 5.69. The molecule has 0 heterocycles. The minimum atomic E-state index is -0.880. The van der Waals surface area contributed by atoms with E-state index in [0.29, 0.717) is 18.6 Å². The molecule has 0 aromatic heterocycles. The summed E-state index contributed by atoms with van der Waals surface area (Å²) in [6.45, 7) is 3.78. The molecule has 0 radical (unpaired) electrons. The average Bonchev–Trinajstić information content (AvgIpc) is 2.22. The van der Waals surface area contributed by atoms with E-state index in [1.807, 2.05) is 0 Å². The number of benzene rings is 1. The molecule has 0 fully saturated rings. The molecule has 16 heavy (non-hydrogen) atoms. The molecule has 1 unspecified atom stereocenters. The Hall–Kier alpha value is -1.58. The van der Waals surface area contributed by atoms with Crippen LogP contribution in [0.15, 0.2) is 18.2 Å². The van der Waals surface area contributed by atoms with Crippen LogP contribution in [0.2, 0.25) is 0 Å². The fourth-order valence-corrected chi connectivity index (χ4v) is 1.38. The summed E-state index contributed by atoms with van der Waals surface area (Å²) in [4.78, 5) is 10.6. The van der Waals surface area contributed by atoms with Gasteiger partial charge < -0.3 is 9.84 Å². The van der Waals surface area contributed by atoms with Crippen LogP contribution in [0, 0.1) is 11.7 Å². The average molecular weight is 226 g/mol. The van der Waals surface area contributed by atoms with Crippen LogP contribution < -0.4 is 4.74 Å². The van der Waals surface area contributed by atoms with Gasteiger partial charge in [-0.3, -0.25) is 4.79 Å². The van der Waals surface area contributed by atoms with Crippen molar-refractivity contribution in [1.29, 1.82) is 0 Å². The molecule has 88 valence electrons. The van der Waals surface area contributed by atoms with Gasteiger partial charge >= 0.3 is 5.97 Å². The lowest BCUT2D eigenvalue weighted by atomic mass is 10.0. The van der Waals surface area contributed by atoms with Crippen molar-refractivity contribution < 1.29 is 19.0 Å². The molecule has 1 atom stereocenters. The molecule has 1 aromatic carbocycles. The van der Waals surface area contributed by atoms with Gasteiger partial charge in [0.15, 0.2) is 11.6 Å². The Labute approximate surface area is 93.9 Å². The molecule has 0 saturated heterocycles. The van der Waals surface area contributed by atoms with E-state index in [1.54, 1.807) is 19.9 Å². The first kappa shape index (κ1) is 12.5. The molecule has 0 aliphatic heterocycles. The van der Waals surface area contributed by atoms with Crippen molar-refractivity contribution in [3.63, 3.8) is 0 Å². The maximum absolute atomic E-state index is 13.4. The van der Waals surface area contributed by atoms with Gasteiger partial charge in [-0.25, -0.2) is 4.39 Å². The number of carboxylic acid groups (broad SMARTS) is 1. The van der Waals surface area contributed by atoms with Crippen LogP contribution in [0.3, 0.4) is 0 Å². The first-order valence-electron chi connectivity index (χ1n) is 5.18. The van der Waals surface area contributed by atoms with Crippen molar-refractivity contribution >= 4 is 5.97 Å². The zero-order valence-electron chi connectivity index (χ0n) is 9.37. The summed E-state index contributed by atoms with van der Waals surface area (Å²) >= 11 is 0. The molecule has 1 rings (SSSR count). The number of ether oxygens (including phenoxy) is 1. The standard InChI is InChI=1S/C12H15FO3/c1-3-16-11-5-4-9(7-10(11)13)6-8(2)12(14)15/h4-5,7-8H,3,6H2,1-2H3,(H,14,15). The Morgan fingerprint density at radius 3 is 2.75 bits per heavy atom. The monoisotopic (exact) mass is 226 g/mol. The molecule has 0 aliphatic rings. The SMILES string of the molecule is CCOc1ccc(CC(C)C(=O)O)cc1F. The summed E-state index contributed by atoms with van der Waals surface area (Å²) in [7, 11) is 0. The van der Waals surface area contributed by atoms with Crippen LogP contribution in [0.25, 0.3) is 0 Å². The number of carboxylic acids is 1. The topological polar surface area (TPSA) is 46.5 Å². The maximum atomic E-state index is 13.4. The van der Waals surface area contributed by atoms with Gasteiger partial charge in [0.05, 0.1) is 12.5 Å². The Morgan fingerprint density at radius 1 is 1.56 bits per heavy atom. The largest absolute Gasteiger partial charge is 0.491 e. The second-order valence-electron chi connectivity index (χ2n) is 3.64. The summed E-state index contributed by atoms with van der Waals surface area (Å²) in [5.41, 5.74) is 0.663. The molecule has 0 spiro atoms. The van der Waals surface area contributed by atoms with E-state index >= 15 is 0 Å². The minimum absolute atomic E-state index is 0.203. The van der Waals surface area contributed by atoms with Crippen molar-refractivity contribution in [2.24, 2.45) is 5.92 Å². The molecule has 0 aliphatic carbocycles. The number of aliphatic carboxylic acids is 1. The number of hydrogen-bond acceptors (Lipinski definition) is 2. The molecule has 1 N–H and O–H groups in total. The summed E-state index contributed by atoms with van der Waals surface area (Å²) in [5.74, 6) is -1.64. The third-order valence-corrected chi connectivity index (χ3v) is 2.26. The summed E-state index contributed by atoms with van der Waals surface area (Å²) in [6, 6.07) is 4.54. The molecule has 1 aromatic rings. The Kier molecular flexibility index (Phi) is 4.28. The fraction of sp³-hybridized carbons (Fsp3) is 0.417. The zero-order chi connectivity index (χ0) is 12.1. The number of hydrogen-bond donors (Lipinski definition) is 1. The maximum Gasteiger partial charge on any atom is 0.306 e. The van der Waals surface area contributed by atoms with Gasteiger partial charge in [0, 0.05) is 0 Å². The highest BCUT2D eigenvalue weighted by Gasteiger charge is 2.13. The van der Waals surface area contributed by atoms with E-state index in [9.17, 15) is 9.18 Å². The van der Waals surface area contributed by atoms with E-state index in [0.717, 1.165) is 0 Å². The van der Waals surface area contributed by atoms with Gasteiger partial charge in [0.25, 0.3) is 0 Å². The van der Waals surface area contributed by atoms with E-state index < -0.39 is 17.7 Å². The van der Waals surface area contributed by atoms with Crippen LogP contribution in [0.5, 0.6) is 5.75 Å². The number of rotatable bonds is 5. The smallest absolute Gasteiger partial charge is 0.306 e. The van der Waals surface area contributed by atoms with E-state index in [1.165, 1.54) is 12.1 Å². The molecule has 0 amide bonds. The Balaban J connectivity index is 2.77. The fourth-order valence-electron chi connectivity index (χ4n) is 1.38. The van der Waals surface area contributed by atoms with Crippen molar-refractivity contribution in [1.82, 2.24) is 0 Å². The van der Waals surface area contributed by atoms with E-state index in [-0.39, 0.29) is 5.75 Å². The number of halogens is 1. The van der Waals surface area contributed by atoms with E-state index in [2.05, 4.69) is 0 Å². The van der Waals surface area contributed by atoms with Crippen LogP contribution in [-0.2, 0) is 11.2 Å². The second kappa shape index (κ2) is 5.49. The summed E-state index contributed by atoms with van der Waals surface area (Å²) in [5, 5.41) is 8.73. The van der Waals surface area contributed by atoms with Gasteiger partial charge in [0.1, 0.15) is 0 Å². The van der Waals surface area contributed by atoms with Crippen LogP contribution in [0.4, 0.5) is 4.39 Å². The first-order chi connectivity index (χ1) is 7.54. The van der Waals surface area contributed by atoms with Crippen molar-refractivity contribution in [2.75, 3.05) is 6.61 Å². The van der Waals surface area contributed by atoms with Crippen molar-refractivity contribution in [3.8, 4) is 5.75 Å².